The smallest absolute Gasteiger partial charge is 0.311 e. The van der Waals surface area contributed by atoms with Crippen LogP contribution in [0.25, 0.3) is 5.76 Å². The van der Waals surface area contributed by atoms with E-state index in [1.54, 1.807) is 0 Å². The first-order chi connectivity index (χ1) is 16.6. The lowest BCUT2D eigenvalue weighted by atomic mass is 9.94. The van der Waals surface area contributed by atoms with E-state index >= 15 is 0 Å². The topological polar surface area (TPSA) is 145 Å². The van der Waals surface area contributed by atoms with Crippen LogP contribution in [0.3, 0.4) is 0 Å². The standard InChI is InChI=1S/C25H16FN3O6/c1-13-10-16(4-8-18(13)26)23(31)21-22(15-5-9-20(30)19(11-15)29(34)35)28(25(33)24(21)32)17-6-2-14(12-27)3-7-17/h2-11,22,30-31H,1H3/b23-21-. The van der Waals surface area contributed by atoms with Gasteiger partial charge < -0.3 is 10.2 Å². The number of aromatic hydroxyl groups is 1. The SMILES string of the molecule is Cc1cc(/C(O)=C2/C(=O)C(=O)N(c3ccc(C#N)cc3)C2c2ccc(O)c([N+](=O)[O-])c2)ccc1F. The normalized spacial score (nSPS) is 16.8. The summed E-state index contributed by atoms with van der Waals surface area (Å²) in [6.07, 6.45) is 0. The minimum absolute atomic E-state index is 0.0680. The molecule has 0 spiro atoms. The zero-order valence-corrected chi connectivity index (χ0v) is 18.1. The number of amides is 1. The number of Topliss-reactive ketones (excluding diaryl/α,β-unsaturated/α-hetero) is 1. The fourth-order valence-electron chi connectivity index (χ4n) is 3.92. The molecule has 0 radical (unpaired) electrons. The second kappa shape index (κ2) is 8.72. The lowest BCUT2D eigenvalue weighted by Crippen LogP contribution is -2.29. The third-order valence-corrected chi connectivity index (χ3v) is 5.66. The molecular formula is C25H16FN3O6. The van der Waals surface area contributed by atoms with Gasteiger partial charge in [-0.1, -0.05) is 6.07 Å². The lowest BCUT2D eigenvalue weighted by molar-refractivity contribution is -0.385. The zero-order valence-electron chi connectivity index (χ0n) is 18.1. The Morgan fingerprint density at radius 3 is 2.40 bits per heavy atom. The first kappa shape index (κ1) is 23.1. The largest absolute Gasteiger partial charge is 0.507 e. The van der Waals surface area contributed by atoms with Crippen LogP contribution in [-0.2, 0) is 9.59 Å². The van der Waals surface area contributed by atoms with Crippen molar-refractivity contribution in [2.45, 2.75) is 13.0 Å². The van der Waals surface area contributed by atoms with E-state index in [1.807, 2.05) is 6.07 Å². The Hall–Kier alpha value is -5.04. The van der Waals surface area contributed by atoms with Crippen molar-refractivity contribution in [1.29, 1.82) is 5.26 Å². The minimum Gasteiger partial charge on any atom is -0.507 e. The predicted octanol–water partition coefficient (Wildman–Crippen LogP) is 4.25. The van der Waals surface area contributed by atoms with Gasteiger partial charge in [-0.2, -0.15) is 5.26 Å². The highest BCUT2D eigenvalue weighted by molar-refractivity contribution is 6.51. The van der Waals surface area contributed by atoms with Crippen LogP contribution in [0.5, 0.6) is 5.75 Å². The van der Waals surface area contributed by atoms with Gasteiger partial charge in [0.2, 0.25) is 0 Å². The molecule has 0 bridgehead atoms. The third kappa shape index (κ3) is 3.95. The highest BCUT2D eigenvalue weighted by Gasteiger charge is 2.47. The second-order valence-electron chi connectivity index (χ2n) is 7.80. The van der Waals surface area contributed by atoms with Gasteiger partial charge in [0.15, 0.2) is 5.75 Å². The fourth-order valence-corrected chi connectivity index (χ4v) is 3.92. The van der Waals surface area contributed by atoms with E-state index in [2.05, 4.69) is 0 Å². The van der Waals surface area contributed by atoms with E-state index in [0.717, 1.165) is 23.1 Å². The van der Waals surface area contributed by atoms with E-state index in [9.17, 15) is 34.3 Å². The van der Waals surface area contributed by atoms with Gasteiger partial charge in [-0.25, -0.2) is 4.39 Å². The van der Waals surface area contributed by atoms with E-state index in [-0.39, 0.29) is 28.0 Å². The average molecular weight is 473 g/mol. The van der Waals surface area contributed by atoms with Crippen molar-refractivity contribution in [3.8, 4) is 11.8 Å². The van der Waals surface area contributed by atoms with E-state index in [4.69, 9.17) is 5.26 Å². The quantitative estimate of drug-likeness (QED) is 0.189. The van der Waals surface area contributed by atoms with Crippen LogP contribution in [0, 0.1) is 34.2 Å². The number of nitro groups is 1. The number of hydrogen-bond acceptors (Lipinski definition) is 7. The molecule has 174 valence electrons. The summed E-state index contributed by atoms with van der Waals surface area (Å²) >= 11 is 0. The van der Waals surface area contributed by atoms with Crippen LogP contribution < -0.4 is 4.90 Å². The summed E-state index contributed by atoms with van der Waals surface area (Å²) in [4.78, 5) is 37.9. The van der Waals surface area contributed by atoms with E-state index < -0.39 is 45.7 Å². The van der Waals surface area contributed by atoms with Gasteiger partial charge in [-0.05, 0) is 66.6 Å². The Balaban J connectivity index is 1.99. The molecule has 2 N–H and O–H groups in total. The van der Waals surface area contributed by atoms with Gasteiger partial charge in [0.25, 0.3) is 11.7 Å². The fraction of sp³-hybridized carbons (Fsp3) is 0.0800. The molecule has 3 aromatic rings. The number of phenols is 1. The maximum Gasteiger partial charge on any atom is 0.311 e. The number of hydrogen-bond donors (Lipinski definition) is 2. The van der Waals surface area contributed by atoms with Crippen LogP contribution >= 0.6 is 0 Å². The number of nitro benzene ring substituents is 1. The number of nitriles is 1. The Labute approximate surface area is 197 Å². The summed E-state index contributed by atoms with van der Waals surface area (Å²) in [7, 11) is 0. The van der Waals surface area contributed by atoms with Crippen LogP contribution in [0.1, 0.15) is 28.3 Å². The van der Waals surface area contributed by atoms with Gasteiger partial charge in [-0.3, -0.25) is 24.6 Å². The molecule has 3 aromatic carbocycles. The van der Waals surface area contributed by atoms with Crippen molar-refractivity contribution in [1.82, 2.24) is 0 Å². The number of rotatable bonds is 4. The Morgan fingerprint density at radius 2 is 1.80 bits per heavy atom. The van der Waals surface area contributed by atoms with Crippen molar-refractivity contribution in [2.24, 2.45) is 0 Å². The number of aliphatic hydroxyl groups is 1. The molecule has 0 saturated carbocycles. The number of ketones is 1. The molecule has 9 nitrogen and oxygen atoms in total. The Bertz CT molecular complexity index is 1470. The molecule has 1 saturated heterocycles. The van der Waals surface area contributed by atoms with E-state index in [1.165, 1.54) is 49.4 Å². The van der Waals surface area contributed by atoms with Crippen molar-refractivity contribution in [2.75, 3.05) is 4.90 Å². The molecule has 35 heavy (non-hydrogen) atoms. The number of benzene rings is 3. The first-order valence-corrected chi connectivity index (χ1v) is 10.2. The molecule has 1 atom stereocenters. The third-order valence-electron chi connectivity index (χ3n) is 5.66. The lowest BCUT2D eigenvalue weighted by Gasteiger charge is -2.25. The number of carbonyl (C=O) groups is 2. The van der Waals surface area contributed by atoms with Crippen LogP contribution in [-0.4, -0.2) is 26.8 Å². The van der Waals surface area contributed by atoms with Crippen molar-refractivity contribution < 1.29 is 29.1 Å². The molecule has 1 heterocycles. The van der Waals surface area contributed by atoms with Gasteiger partial charge in [0.05, 0.1) is 28.2 Å². The highest BCUT2D eigenvalue weighted by atomic mass is 19.1. The summed E-state index contributed by atoms with van der Waals surface area (Å²) in [5, 5.41) is 41.4. The first-order valence-electron chi connectivity index (χ1n) is 10.2. The molecule has 1 amide bonds. The molecule has 10 heteroatoms. The Morgan fingerprint density at radius 1 is 1.11 bits per heavy atom. The van der Waals surface area contributed by atoms with Crippen molar-refractivity contribution >= 4 is 28.8 Å². The number of aryl methyl sites for hydroxylation is 1. The van der Waals surface area contributed by atoms with E-state index in [0.29, 0.717) is 5.56 Å². The molecule has 4 rings (SSSR count). The maximum atomic E-state index is 13.8. The highest BCUT2D eigenvalue weighted by Crippen LogP contribution is 2.44. The number of halogens is 1. The zero-order chi connectivity index (χ0) is 25.4. The minimum atomic E-state index is -1.31. The maximum absolute atomic E-state index is 13.8. The molecule has 1 aliphatic heterocycles. The van der Waals surface area contributed by atoms with Crippen LogP contribution in [0.4, 0.5) is 15.8 Å². The average Bonchev–Trinajstić information content (AvgIpc) is 3.11. The van der Waals surface area contributed by atoms with Crippen molar-refractivity contribution in [3.05, 3.63) is 104 Å². The number of aliphatic hydroxyl groups excluding tert-OH is 1. The van der Waals surface area contributed by atoms with Crippen molar-refractivity contribution in [3.63, 3.8) is 0 Å². The van der Waals surface area contributed by atoms with Gasteiger partial charge in [-0.15, -0.1) is 0 Å². The summed E-state index contributed by atoms with van der Waals surface area (Å²) in [5.41, 5.74) is -0.216. The molecule has 0 aromatic heterocycles. The summed E-state index contributed by atoms with van der Waals surface area (Å²) < 4.78 is 13.8. The second-order valence-corrected chi connectivity index (χ2v) is 7.80. The summed E-state index contributed by atoms with van der Waals surface area (Å²) in [5.74, 6) is -3.83. The predicted molar refractivity (Wildman–Crippen MR) is 122 cm³/mol. The summed E-state index contributed by atoms with van der Waals surface area (Å²) in [6, 6.07) is 13.3. The number of nitrogens with zero attached hydrogens (tertiary/aromatic N) is 3. The number of anilines is 1. The summed E-state index contributed by atoms with van der Waals surface area (Å²) in [6.45, 7) is 1.46. The van der Waals surface area contributed by atoms with Crippen LogP contribution in [0.15, 0.2) is 66.2 Å². The molecule has 1 fully saturated rings. The Kier molecular flexibility index (Phi) is 5.76. The van der Waals surface area contributed by atoms with Gasteiger partial charge >= 0.3 is 5.69 Å². The molecule has 0 aliphatic carbocycles. The van der Waals surface area contributed by atoms with Gasteiger partial charge in [0, 0.05) is 17.3 Å². The van der Waals surface area contributed by atoms with Crippen LogP contribution in [0.2, 0.25) is 0 Å². The number of carbonyl (C=O) groups excluding carboxylic acids is 2. The van der Waals surface area contributed by atoms with Gasteiger partial charge in [0.1, 0.15) is 11.6 Å². The molecule has 1 unspecified atom stereocenters. The number of phenolic OH excluding ortho intramolecular Hbond substituents is 1. The monoisotopic (exact) mass is 473 g/mol. The molecular weight excluding hydrogens is 457 g/mol. The molecule has 1 aliphatic rings.